The molecule has 66 heavy (non-hydrogen) atoms. The van der Waals surface area contributed by atoms with Crippen molar-refractivity contribution in [1.82, 2.24) is 0 Å². The summed E-state index contributed by atoms with van der Waals surface area (Å²) in [5.41, 5.74) is 0. The third kappa shape index (κ3) is 53.7. The average molecular weight is 920 g/mol. The standard InChI is InChI=1S/C61H106O5/c1-4-7-10-13-16-19-22-25-28-31-33-36-39-42-45-48-51-54-60(62)65-58-59(57-64-56-53-50-47-44-41-38-35-30-27-24-21-18-15-12-9-6-3)66-61(63)55-52-49-46-43-40-37-34-32-29-26-23-20-17-14-11-8-5-2/h7,9-10,12,16,18-19,21,25,27-28,30,38,41,59H,4-6,8,11,13-15,17,20,22-24,26,29,31-37,39-40,42-58H2,1-3H3/b10-7-,12-9-,19-16-,21-18-,28-25-,30-27-,41-38-. The molecule has 0 bridgehead atoms. The summed E-state index contributed by atoms with van der Waals surface area (Å²) in [7, 11) is 0. The van der Waals surface area contributed by atoms with Crippen LogP contribution in [0.3, 0.4) is 0 Å². The second-order valence-electron chi connectivity index (χ2n) is 18.4. The molecule has 0 fully saturated rings. The largest absolute Gasteiger partial charge is 0.462 e. The summed E-state index contributed by atoms with van der Waals surface area (Å²) >= 11 is 0. The summed E-state index contributed by atoms with van der Waals surface area (Å²) in [6.07, 6.45) is 74.6. The molecular formula is C61H106O5. The molecule has 0 rings (SSSR count). The van der Waals surface area contributed by atoms with E-state index < -0.39 is 6.10 Å². The van der Waals surface area contributed by atoms with Crippen molar-refractivity contribution in [3.8, 4) is 0 Å². The summed E-state index contributed by atoms with van der Waals surface area (Å²) in [6.45, 7) is 7.55. The van der Waals surface area contributed by atoms with Gasteiger partial charge in [-0.15, -0.1) is 0 Å². The van der Waals surface area contributed by atoms with E-state index in [0.29, 0.717) is 19.4 Å². The predicted octanol–water partition coefficient (Wildman–Crippen LogP) is 19.2. The topological polar surface area (TPSA) is 61.8 Å². The Morgan fingerprint density at radius 3 is 1.09 bits per heavy atom. The van der Waals surface area contributed by atoms with E-state index >= 15 is 0 Å². The Balaban J connectivity index is 4.33. The molecule has 0 saturated carbocycles. The van der Waals surface area contributed by atoms with E-state index in [4.69, 9.17) is 14.2 Å². The Bertz CT molecular complexity index is 1220. The van der Waals surface area contributed by atoms with Gasteiger partial charge in [-0.05, 0) is 89.9 Å². The molecule has 0 radical (unpaired) electrons. The number of unbranched alkanes of at least 4 members (excludes halogenated alkanes) is 26. The highest BCUT2D eigenvalue weighted by Gasteiger charge is 2.17. The van der Waals surface area contributed by atoms with Gasteiger partial charge in [0.2, 0.25) is 0 Å². The number of esters is 2. The van der Waals surface area contributed by atoms with Crippen LogP contribution in [-0.2, 0) is 23.8 Å². The minimum absolute atomic E-state index is 0.0660. The number of allylic oxidation sites excluding steroid dienone is 14. The van der Waals surface area contributed by atoms with Crippen LogP contribution in [-0.4, -0.2) is 37.9 Å². The number of hydrogen-bond acceptors (Lipinski definition) is 5. The summed E-state index contributed by atoms with van der Waals surface area (Å²) < 4.78 is 17.4. The van der Waals surface area contributed by atoms with Crippen molar-refractivity contribution < 1.29 is 23.8 Å². The van der Waals surface area contributed by atoms with Gasteiger partial charge >= 0.3 is 11.9 Å². The summed E-state index contributed by atoms with van der Waals surface area (Å²) in [4.78, 5) is 25.5. The van der Waals surface area contributed by atoms with Gasteiger partial charge < -0.3 is 14.2 Å². The molecule has 1 unspecified atom stereocenters. The van der Waals surface area contributed by atoms with E-state index in [2.05, 4.69) is 106 Å². The molecule has 380 valence electrons. The van der Waals surface area contributed by atoms with Gasteiger partial charge in [-0.2, -0.15) is 0 Å². The Labute approximate surface area is 409 Å². The summed E-state index contributed by atoms with van der Waals surface area (Å²) in [5, 5.41) is 0. The molecule has 0 N–H and O–H groups in total. The normalized spacial score (nSPS) is 12.8. The van der Waals surface area contributed by atoms with Crippen molar-refractivity contribution >= 4 is 11.9 Å². The number of ether oxygens (including phenoxy) is 3. The number of carbonyl (C=O) groups excluding carboxylic acids is 2. The third-order valence-electron chi connectivity index (χ3n) is 11.9. The highest BCUT2D eigenvalue weighted by atomic mass is 16.6. The van der Waals surface area contributed by atoms with Gasteiger partial charge in [0.05, 0.1) is 6.61 Å². The van der Waals surface area contributed by atoms with E-state index in [1.54, 1.807) is 0 Å². The predicted molar refractivity (Wildman–Crippen MR) is 288 cm³/mol. The summed E-state index contributed by atoms with van der Waals surface area (Å²) in [6, 6.07) is 0. The van der Waals surface area contributed by atoms with Crippen molar-refractivity contribution in [1.29, 1.82) is 0 Å². The van der Waals surface area contributed by atoms with E-state index in [9.17, 15) is 9.59 Å². The Morgan fingerprint density at radius 1 is 0.348 bits per heavy atom. The minimum atomic E-state index is -0.559. The first-order valence-corrected chi connectivity index (χ1v) is 28.1. The number of carbonyl (C=O) groups is 2. The fourth-order valence-electron chi connectivity index (χ4n) is 7.81. The maximum atomic E-state index is 12.9. The molecule has 0 aliphatic rings. The van der Waals surface area contributed by atoms with E-state index in [1.807, 2.05) is 0 Å². The van der Waals surface area contributed by atoms with Crippen LogP contribution in [0.2, 0.25) is 0 Å². The lowest BCUT2D eigenvalue weighted by atomic mass is 10.0. The molecule has 5 nitrogen and oxygen atoms in total. The maximum Gasteiger partial charge on any atom is 0.306 e. The molecule has 0 aromatic carbocycles. The van der Waals surface area contributed by atoms with Crippen LogP contribution < -0.4 is 0 Å². The van der Waals surface area contributed by atoms with Crippen molar-refractivity contribution in [2.45, 2.75) is 271 Å². The maximum absolute atomic E-state index is 12.9. The van der Waals surface area contributed by atoms with Gasteiger partial charge in [-0.3, -0.25) is 9.59 Å². The highest BCUT2D eigenvalue weighted by Crippen LogP contribution is 2.16. The van der Waals surface area contributed by atoms with Crippen molar-refractivity contribution in [2.75, 3.05) is 19.8 Å². The van der Waals surface area contributed by atoms with Crippen LogP contribution in [0.5, 0.6) is 0 Å². The van der Waals surface area contributed by atoms with Crippen molar-refractivity contribution in [3.05, 3.63) is 85.1 Å². The lowest BCUT2D eigenvalue weighted by molar-refractivity contribution is -0.163. The van der Waals surface area contributed by atoms with Crippen LogP contribution in [0, 0.1) is 0 Å². The first kappa shape index (κ1) is 63.1. The molecule has 0 spiro atoms. The van der Waals surface area contributed by atoms with Crippen LogP contribution in [0.4, 0.5) is 0 Å². The highest BCUT2D eigenvalue weighted by molar-refractivity contribution is 5.70. The fourth-order valence-corrected chi connectivity index (χ4v) is 7.81. The molecule has 5 heteroatoms. The fraction of sp³-hybridized carbons (Fsp3) is 0.738. The van der Waals surface area contributed by atoms with Crippen LogP contribution >= 0.6 is 0 Å². The monoisotopic (exact) mass is 919 g/mol. The Kier molecular flexibility index (Phi) is 53.9. The van der Waals surface area contributed by atoms with Gasteiger partial charge in [0.1, 0.15) is 6.61 Å². The van der Waals surface area contributed by atoms with Crippen LogP contribution in [0.25, 0.3) is 0 Å². The summed E-state index contributed by atoms with van der Waals surface area (Å²) in [5.74, 6) is -0.420. The Morgan fingerprint density at radius 2 is 0.682 bits per heavy atom. The molecule has 0 aliphatic heterocycles. The zero-order chi connectivity index (χ0) is 47.7. The van der Waals surface area contributed by atoms with Gasteiger partial charge in [0, 0.05) is 19.4 Å². The van der Waals surface area contributed by atoms with Gasteiger partial charge in [-0.25, -0.2) is 0 Å². The van der Waals surface area contributed by atoms with Crippen LogP contribution in [0.15, 0.2) is 85.1 Å². The molecular weight excluding hydrogens is 813 g/mol. The zero-order valence-corrected chi connectivity index (χ0v) is 43.7. The second kappa shape index (κ2) is 56.4. The smallest absolute Gasteiger partial charge is 0.306 e. The molecule has 0 amide bonds. The van der Waals surface area contributed by atoms with E-state index in [0.717, 1.165) is 109 Å². The SMILES string of the molecule is CC/C=C\C/C=C\C/C=C\C/C=C\CCCCCOCC(COC(=O)CCCCCCCCC/C=C\C/C=C\C/C=C\CC)OC(=O)CCCCCCCCCCCCCCCCCCC. The van der Waals surface area contributed by atoms with Gasteiger partial charge in [-0.1, -0.05) is 247 Å². The first-order chi connectivity index (χ1) is 32.6. The molecule has 0 saturated heterocycles. The number of hydrogen-bond donors (Lipinski definition) is 0. The lowest BCUT2D eigenvalue weighted by Crippen LogP contribution is -2.30. The molecule has 0 heterocycles. The van der Waals surface area contributed by atoms with Gasteiger partial charge in [0.15, 0.2) is 6.10 Å². The first-order valence-electron chi connectivity index (χ1n) is 28.1. The van der Waals surface area contributed by atoms with E-state index in [-0.39, 0.29) is 25.2 Å². The second-order valence-corrected chi connectivity index (χ2v) is 18.4. The Hall–Kier alpha value is -2.92. The number of rotatable bonds is 51. The van der Waals surface area contributed by atoms with Crippen LogP contribution in [0.1, 0.15) is 265 Å². The zero-order valence-electron chi connectivity index (χ0n) is 43.7. The quantitative estimate of drug-likeness (QED) is 0.0346. The van der Waals surface area contributed by atoms with Gasteiger partial charge in [0.25, 0.3) is 0 Å². The van der Waals surface area contributed by atoms with Crippen molar-refractivity contribution in [2.24, 2.45) is 0 Å². The molecule has 0 aromatic rings. The third-order valence-corrected chi connectivity index (χ3v) is 11.9. The molecule has 1 atom stereocenters. The van der Waals surface area contributed by atoms with E-state index in [1.165, 1.54) is 122 Å². The molecule has 0 aliphatic carbocycles. The average Bonchev–Trinajstić information content (AvgIpc) is 3.32. The molecule has 0 aromatic heterocycles. The van der Waals surface area contributed by atoms with Crippen molar-refractivity contribution in [3.63, 3.8) is 0 Å². The lowest BCUT2D eigenvalue weighted by Gasteiger charge is -2.18. The minimum Gasteiger partial charge on any atom is -0.462 e.